The topological polar surface area (TPSA) is 67.9 Å². The molecule has 1 aromatic rings. The predicted octanol–water partition coefficient (Wildman–Crippen LogP) is 2.26. The van der Waals surface area contributed by atoms with Crippen LogP contribution < -0.4 is 10.1 Å². The Morgan fingerprint density at radius 2 is 2.00 bits per heavy atom. The molecule has 0 saturated carbocycles. The molecular formula is C21H30N2O4. The lowest BCUT2D eigenvalue weighted by atomic mass is 9.73. The van der Waals surface area contributed by atoms with E-state index >= 15 is 0 Å². The van der Waals surface area contributed by atoms with E-state index in [1.807, 2.05) is 18.2 Å². The number of benzene rings is 1. The molecule has 3 rings (SSSR count). The molecule has 6 heteroatoms. The van der Waals surface area contributed by atoms with Crippen molar-refractivity contribution < 1.29 is 19.1 Å². The van der Waals surface area contributed by atoms with Crippen molar-refractivity contribution >= 4 is 11.8 Å². The molecule has 0 spiro atoms. The lowest BCUT2D eigenvalue weighted by molar-refractivity contribution is -0.135. The molecule has 2 amide bonds. The Kier molecular flexibility index (Phi) is 6.72. The summed E-state index contributed by atoms with van der Waals surface area (Å²) in [6.45, 7) is 2.68. The van der Waals surface area contributed by atoms with Crippen LogP contribution in [0.1, 0.15) is 44.1 Å². The highest BCUT2D eigenvalue weighted by atomic mass is 16.5. The molecule has 0 radical (unpaired) electrons. The highest BCUT2D eigenvalue weighted by Crippen LogP contribution is 2.39. The number of nitrogens with zero attached hydrogens (tertiary/aromatic N) is 1. The summed E-state index contributed by atoms with van der Waals surface area (Å²) in [7, 11) is 1.68. The first kappa shape index (κ1) is 19.7. The lowest BCUT2D eigenvalue weighted by Gasteiger charge is -2.38. The average molecular weight is 374 g/mol. The summed E-state index contributed by atoms with van der Waals surface area (Å²) in [6.07, 6.45) is 5.17. The molecule has 2 fully saturated rings. The molecule has 2 aliphatic heterocycles. The third-order valence-corrected chi connectivity index (χ3v) is 5.76. The maximum atomic E-state index is 12.6. The second kappa shape index (κ2) is 9.22. The molecule has 2 aliphatic rings. The van der Waals surface area contributed by atoms with E-state index in [1.54, 1.807) is 12.0 Å². The summed E-state index contributed by atoms with van der Waals surface area (Å²) in [5.74, 6) is 0.843. The molecule has 6 nitrogen and oxygen atoms in total. The number of carbonyl (C=O) groups excluding carboxylic acids is 2. The predicted molar refractivity (Wildman–Crippen MR) is 103 cm³/mol. The van der Waals surface area contributed by atoms with E-state index in [4.69, 9.17) is 9.47 Å². The van der Waals surface area contributed by atoms with E-state index in [-0.39, 0.29) is 23.8 Å². The molecule has 0 aliphatic carbocycles. The number of rotatable bonds is 6. The number of amides is 2. The summed E-state index contributed by atoms with van der Waals surface area (Å²) < 4.78 is 11.1. The van der Waals surface area contributed by atoms with E-state index in [1.165, 1.54) is 0 Å². The fraction of sp³-hybridized carbons (Fsp3) is 0.619. The second-order valence-electron chi connectivity index (χ2n) is 7.50. The molecule has 0 atom stereocenters. The standard InChI is InChI=1S/C21H30N2O4/c1-26-18-8-5-4-7-17(18)21(10-13-27-14-11-21)16-22-19(24)15-23-12-6-2-3-9-20(23)25/h4-5,7-8H,2-3,6,9-16H2,1H3,(H,22,24). The average Bonchev–Trinajstić information content (AvgIpc) is 2.91. The Bertz CT molecular complexity index is 655. The second-order valence-corrected chi connectivity index (χ2v) is 7.50. The van der Waals surface area contributed by atoms with Gasteiger partial charge in [0, 0.05) is 43.7 Å². The van der Waals surface area contributed by atoms with Gasteiger partial charge >= 0.3 is 0 Å². The quantitative estimate of drug-likeness (QED) is 0.829. The van der Waals surface area contributed by atoms with E-state index in [9.17, 15) is 9.59 Å². The van der Waals surface area contributed by atoms with Crippen molar-refractivity contribution in [3.8, 4) is 5.75 Å². The maximum Gasteiger partial charge on any atom is 0.239 e. The molecule has 2 heterocycles. The monoisotopic (exact) mass is 374 g/mol. The smallest absolute Gasteiger partial charge is 0.239 e. The van der Waals surface area contributed by atoms with Gasteiger partial charge in [-0.3, -0.25) is 9.59 Å². The highest BCUT2D eigenvalue weighted by Gasteiger charge is 2.37. The van der Waals surface area contributed by atoms with Crippen molar-refractivity contribution in [1.82, 2.24) is 10.2 Å². The first-order valence-corrected chi connectivity index (χ1v) is 9.90. The van der Waals surface area contributed by atoms with Gasteiger partial charge in [-0.25, -0.2) is 0 Å². The minimum Gasteiger partial charge on any atom is -0.496 e. The van der Waals surface area contributed by atoms with Gasteiger partial charge in [-0.1, -0.05) is 24.6 Å². The third-order valence-electron chi connectivity index (χ3n) is 5.76. The molecule has 1 aromatic carbocycles. The number of nitrogens with one attached hydrogen (secondary N) is 1. The Morgan fingerprint density at radius 3 is 2.78 bits per heavy atom. The van der Waals surface area contributed by atoms with Crippen LogP contribution in [0, 0.1) is 0 Å². The number of hydrogen-bond acceptors (Lipinski definition) is 4. The number of ether oxygens (including phenoxy) is 2. The SMILES string of the molecule is COc1ccccc1C1(CNC(=O)CN2CCCCCC2=O)CCOCC1. The summed E-state index contributed by atoms with van der Waals surface area (Å²) in [5.41, 5.74) is 0.908. The molecule has 148 valence electrons. The van der Waals surface area contributed by atoms with Crippen molar-refractivity contribution in [2.45, 2.75) is 43.9 Å². The molecular weight excluding hydrogens is 344 g/mol. The van der Waals surface area contributed by atoms with E-state index in [0.717, 1.165) is 43.4 Å². The van der Waals surface area contributed by atoms with Gasteiger partial charge in [0.05, 0.1) is 13.7 Å². The van der Waals surface area contributed by atoms with Crippen molar-refractivity contribution in [3.63, 3.8) is 0 Å². The zero-order chi connectivity index (χ0) is 19.1. The summed E-state index contributed by atoms with van der Waals surface area (Å²) in [5, 5.41) is 3.09. The van der Waals surface area contributed by atoms with Crippen molar-refractivity contribution in [2.75, 3.05) is 40.0 Å². The Hall–Kier alpha value is -2.08. The first-order valence-electron chi connectivity index (χ1n) is 9.90. The molecule has 0 unspecified atom stereocenters. The van der Waals surface area contributed by atoms with Crippen molar-refractivity contribution in [1.29, 1.82) is 0 Å². The van der Waals surface area contributed by atoms with Gasteiger partial charge in [0.25, 0.3) is 0 Å². The first-order chi connectivity index (χ1) is 13.1. The normalized spacial score (nSPS) is 20.0. The van der Waals surface area contributed by atoms with Gasteiger partial charge in [0.15, 0.2) is 0 Å². The Labute approximate surface area is 161 Å². The largest absolute Gasteiger partial charge is 0.496 e. The van der Waals surface area contributed by atoms with E-state index < -0.39 is 0 Å². The fourth-order valence-electron chi connectivity index (χ4n) is 4.09. The zero-order valence-electron chi connectivity index (χ0n) is 16.2. The van der Waals surface area contributed by atoms with Gasteiger partial charge < -0.3 is 19.7 Å². The van der Waals surface area contributed by atoms with Crippen LogP contribution in [0.2, 0.25) is 0 Å². The van der Waals surface area contributed by atoms with Gasteiger partial charge in [0.2, 0.25) is 11.8 Å². The van der Waals surface area contributed by atoms with Gasteiger partial charge in [-0.2, -0.15) is 0 Å². The summed E-state index contributed by atoms with van der Waals surface area (Å²) in [6, 6.07) is 8.00. The lowest BCUT2D eigenvalue weighted by Crippen LogP contribution is -2.48. The van der Waals surface area contributed by atoms with Gasteiger partial charge in [-0.05, 0) is 31.7 Å². The van der Waals surface area contributed by atoms with Crippen LogP contribution >= 0.6 is 0 Å². The maximum absolute atomic E-state index is 12.6. The molecule has 1 N–H and O–H groups in total. The van der Waals surface area contributed by atoms with Crippen LogP contribution in [-0.2, 0) is 19.7 Å². The van der Waals surface area contributed by atoms with Crippen LogP contribution in [0.15, 0.2) is 24.3 Å². The molecule has 27 heavy (non-hydrogen) atoms. The molecule has 0 aromatic heterocycles. The summed E-state index contributed by atoms with van der Waals surface area (Å²) in [4.78, 5) is 26.4. The zero-order valence-corrected chi connectivity index (χ0v) is 16.2. The molecule has 2 saturated heterocycles. The highest BCUT2D eigenvalue weighted by molar-refractivity contribution is 5.85. The minimum atomic E-state index is -0.205. The fourth-order valence-corrected chi connectivity index (χ4v) is 4.09. The Morgan fingerprint density at radius 1 is 1.22 bits per heavy atom. The minimum absolute atomic E-state index is 0.0909. The van der Waals surface area contributed by atoms with E-state index in [0.29, 0.717) is 32.7 Å². The number of para-hydroxylation sites is 1. The van der Waals surface area contributed by atoms with Crippen LogP contribution in [0.25, 0.3) is 0 Å². The van der Waals surface area contributed by atoms with Gasteiger partial charge in [0.1, 0.15) is 5.75 Å². The van der Waals surface area contributed by atoms with Crippen molar-refractivity contribution in [3.05, 3.63) is 29.8 Å². The third kappa shape index (κ3) is 4.80. The molecule has 0 bridgehead atoms. The van der Waals surface area contributed by atoms with Crippen molar-refractivity contribution in [2.24, 2.45) is 0 Å². The van der Waals surface area contributed by atoms with Gasteiger partial charge in [-0.15, -0.1) is 0 Å². The Balaban J connectivity index is 1.68. The van der Waals surface area contributed by atoms with Crippen LogP contribution in [0.4, 0.5) is 0 Å². The van der Waals surface area contributed by atoms with E-state index in [2.05, 4.69) is 11.4 Å². The number of carbonyl (C=O) groups is 2. The number of methoxy groups -OCH3 is 1. The number of hydrogen-bond donors (Lipinski definition) is 1. The van der Waals surface area contributed by atoms with Crippen LogP contribution in [0.3, 0.4) is 0 Å². The van der Waals surface area contributed by atoms with Crippen LogP contribution in [0.5, 0.6) is 5.75 Å². The summed E-state index contributed by atoms with van der Waals surface area (Å²) >= 11 is 0. The number of likely N-dealkylation sites (tertiary alicyclic amines) is 1. The van der Waals surface area contributed by atoms with Crippen LogP contribution in [-0.4, -0.2) is 56.7 Å².